The van der Waals surface area contributed by atoms with Gasteiger partial charge in [-0.15, -0.1) is 0 Å². The molecule has 0 fully saturated rings. The highest BCUT2D eigenvalue weighted by atomic mass is 15.1. The van der Waals surface area contributed by atoms with Crippen molar-refractivity contribution >= 4 is 82.0 Å². The van der Waals surface area contributed by atoms with Crippen LogP contribution in [0.4, 0.5) is 17.1 Å². The van der Waals surface area contributed by atoms with Crippen molar-refractivity contribution in [2.24, 2.45) is 0 Å². The molecule has 0 unspecified atom stereocenters. The van der Waals surface area contributed by atoms with Crippen LogP contribution >= 0.6 is 0 Å². The Kier molecular flexibility index (Phi) is 8.06. The standard InChI is InChI=1S/C65H44N2/c1-65(2)58-18-9-8-17-54(58)55-36-33-53(40-59(55)65)66(50-28-21-43(22-29-50)41-11-4-3-5-12-41)51-30-23-44(24-31-51)48-27-34-56-60(38-48)67(52-32-25-42-13-6-7-14-47(42)37-52)61-39-49-20-19-45-15-10-16-46-26-35-57(64(56)61)63(49)62(45)46/h3-40H,1-2H3. The fourth-order valence-corrected chi connectivity index (χ4v) is 11.6. The van der Waals surface area contributed by atoms with Crippen LogP contribution < -0.4 is 4.90 Å². The van der Waals surface area contributed by atoms with Gasteiger partial charge in [-0.1, -0.05) is 184 Å². The fourth-order valence-electron chi connectivity index (χ4n) is 11.6. The second kappa shape index (κ2) is 14.3. The summed E-state index contributed by atoms with van der Waals surface area (Å²) in [4.78, 5) is 2.41. The largest absolute Gasteiger partial charge is 0.310 e. The summed E-state index contributed by atoms with van der Waals surface area (Å²) < 4.78 is 2.50. The molecule has 2 heteroatoms. The van der Waals surface area contributed by atoms with Crippen LogP contribution in [-0.4, -0.2) is 4.57 Å². The normalized spacial score (nSPS) is 13.0. The third-order valence-corrected chi connectivity index (χ3v) is 14.9. The second-order valence-corrected chi connectivity index (χ2v) is 18.9. The van der Waals surface area contributed by atoms with Crippen LogP contribution in [0, 0.1) is 0 Å². The molecule has 0 spiro atoms. The zero-order valence-corrected chi connectivity index (χ0v) is 37.3. The van der Waals surface area contributed by atoms with Crippen LogP contribution in [0.1, 0.15) is 25.0 Å². The van der Waals surface area contributed by atoms with E-state index in [-0.39, 0.29) is 5.41 Å². The van der Waals surface area contributed by atoms with Crippen LogP contribution in [-0.2, 0) is 5.41 Å². The number of rotatable bonds is 6. The van der Waals surface area contributed by atoms with Crippen molar-refractivity contribution < 1.29 is 0 Å². The summed E-state index contributed by atoms with van der Waals surface area (Å²) in [6.07, 6.45) is 0. The minimum absolute atomic E-state index is 0.111. The maximum atomic E-state index is 2.50. The Labute approximate surface area is 389 Å². The van der Waals surface area contributed by atoms with E-state index in [2.05, 4.69) is 254 Å². The van der Waals surface area contributed by atoms with Gasteiger partial charge < -0.3 is 9.47 Å². The molecule has 0 bridgehead atoms. The molecular weight excluding hydrogens is 809 g/mol. The van der Waals surface area contributed by atoms with E-state index in [0.717, 1.165) is 22.7 Å². The average Bonchev–Trinajstić information content (AvgIpc) is 3.83. The molecule has 0 saturated heterocycles. The molecule has 1 aromatic heterocycles. The molecule has 1 aliphatic rings. The van der Waals surface area contributed by atoms with Crippen molar-refractivity contribution in [2.45, 2.75) is 19.3 Å². The Morgan fingerprint density at radius 2 is 0.910 bits per heavy atom. The zero-order valence-electron chi connectivity index (χ0n) is 37.3. The summed E-state index contributed by atoms with van der Waals surface area (Å²) in [6.45, 7) is 4.72. The minimum Gasteiger partial charge on any atom is -0.310 e. The Morgan fingerprint density at radius 1 is 0.328 bits per heavy atom. The van der Waals surface area contributed by atoms with Crippen molar-refractivity contribution in [3.05, 3.63) is 242 Å². The maximum absolute atomic E-state index is 2.50. The molecule has 314 valence electrons. The number of fused-ring (bicyclic) bond motifs is 8. The molecule has 0 amide bonds. The Morgan fingerprint density at radius 3 is 1.70 bits per heavy atom. The quantitative estimate of drug-likeness (QED) is 0.151. The highest BCUT2D eigenvalue weighted by Gasteiger charge is 2.35. The lowest BCUT2D eigenvalue weighted by atomic mass is 9.82. The molecule has 1 heterocycles. The van der Waals surface area contributed by atoms with Crippen molar-refractivity contribution in [3.63, 3.8) is 0 Å². The van der Waals surface area contributed by atoms with E-state index < -0.39 is 0 Å². The highest BCUT2D eigenvalue weighted by molar-refractivity contribution is 6.33. The van der Waals surface area contributed by atoms with Gasteiger partial charge in [0.1, 0.15) is 0 Å². The maximum Gasteiger partial charge on any atom is 0.0553 e. The molecule has 0 saturated carbocycles. The van der Waals surface area contributed by atoms with E-state index in [1.54, 1.807) is 0 Å². The summed E-state index contributed by atoms with van der Waals surface area (Å²) in [5, 5.41) is 12.9. The topological polar surface area (TPSA) is 8.17 Å². The number of nitrogens with zero attached hydrogens (tertiary/aromatic N) is 2. The summed E-state index contributed by atoms with van der Waals surface area (Å²) in [5.74, 6) is 0. The first kappa shape index (κ1) is 37.9. The van der Waals surface area contributed by atoms with E-state index in [4.69, 9.17) is 0 Å². The molecule has 14 rings (SSSR count). The van der Waals surface area contributed by atoms with Crippen molar-refractivity contribution in [2.75, 3.05) is 4.90 Å². The molecule has 67 heavy (non-hydrogen) atoms. The van der Waals surface area contributed by atoms with Crippen molar-refractivity contribution in [1.82, 2.24) is 4.57 Å². The summed E-state index contributed by atoms with van der Waals surface area (Å²) in [6, 6.07) is 85.8. The Bertz CT molecular complexity index is 4080. The third-order valence-electron chi connectivity index (χ3n) is 14.9. The summed E-state index contributed by atoms with van der Waals surface area (Å²) in [7, 11) is 0. The number of anilines is 3. The number of benzene rings is 12. The fraction of sp³-hybridized carbons (Fsp3) is 0.0462. The van der Waals surface area contributed by atoms with E-state index in [1.807, 2.05) is 0 Å². The molecule has 0 atom stereocenters. The molecule has 13 aromatic rings. The van der Waals surface area contributed by atoms with Crippen LogP contribution in [0.5, 0.6) is 0 Å². The zero-order chi connectivity index (χ0) is 44.4. The highest BCUT2D eigenvalue weighted by Crippen LogP contribution is 2.51. The molecule has 2 nitrogen and oxygen atoms in total. The van der Waals surface area contributed by atoms with Crippen LogP contribution in [0.25, 0.3) is 104 Å². The predicted octanol–water partition coefficient (Wildman–Crippen LogP) is 17.9. The molecule has 0 radical (unpaired) electrons. The Hall–Kier alpha value is -8.46. The van der Waals surface area contributed by atoms with Gasteiger partial charge in [0.15, 0.2) is 0 Å². The lowest BCUT2D eigenvalue weighted by molar-refractivity contribution is 0.660. The van der Waals surface area contributed by atoms with Gasteiger partial charge in [0.2, 0.25) is 0 Å². The number of aromatic nitrogens is 1. The summed E-state index contributed by atoms with van der Waals surface area (Å²) in [5.41, 5.74) is 17.0. The minimum atomic E-state index is -0.111. The third kappa shape index (κ3) is 5.70. The summed E-state index contributed by atoms with van der Waals surface area (Å²) >= 11 is 0. The molecule has 0 aliphatic heterocycles. The number of hydrogen-bond donors (Lipinski definition) is 0. The SMILES string of the molecule is CC1(C)c2ccccc2-c2ccc(N(c3ccc(-c4ccccc4)cc3)c3ccc(-c4ccc5c6c7ccc8cccc9ccc(cc6n(-c6ccc%10ccccc%10c6)c5c4)c7c98)cc3)cc21. The van der Waals surface area contributed by atoms with Gasteiger partial charge in [0, 0.05) is 38.9 Å². The van der Waals surface area contributed by atoms with Gasteiger partial charge >= 0.3 is 0 Å². The first-order chi connectivity index (χ1) is 33.0. The smallest absolute Gasteiger partial charge is 0.0553 e. The monoisotopic (exact) mass is 852 g/mol. The molecular formula is C65H44N2. The van der Waals surface area contributed by atoms with Gasteiger partial charge in [-0.25, -0.2) is 0 Å². The molecule has 0 N–H and O–H groups in total. The first-order valence-corrected chi connectivity index (χ1v) is 23.4. The van der Waals surface area contributed by atoms with Crippen molar-refractivity contribution in [3.8, 4) is 39.1 Å². The predicted molar refractivity (Wildman–Crippen MR) is 285 cm³/mol. The average molecular weight is 853 g/mol. The van der Waals surface area contributed by atoms with Crippen LogP contribution in [0.3, 0.4) is 0 Å². The van der Waals surface area contributed by atoms with E-state index in [9.17, 15) is 0 Å². The lowest BCUT2D eigenvalue weighted by Gasteiger charge is -2.28. The van der Waals surface area contributed by atoms with Gasteiger partial charge in [-0.3, -0.25) is 0 Å². The van der Waals surface area contributed by atoms with E-state index in [1.165, 1.54) is 109 Å². The van der Waals surface area contributed by atoms with Crippen molar-refractivity contribution in [1.29, 1.82) is 0 Å². The van der Waals surface area contributed by atoms with Gasteiger partial charge in [0.25, 0.3) is 0 Å². The van der Waals surface area contributed by atoms with Crippen LogP contribution in [0.15, 0.2) is 231 Å². The van der Waals surface area contributed by atoms with E-state index >= 15 is 0 Å². The molecule has 1 aliphatic carbocycles. The second-order valence-electron chi connectivity index (χ2n) is 18.9. The first-order valence-electron chi connectivity index (χ1n) is 23.4. The van der Waals surface area contributed by atoms with Gasteiger partial charge in [-0.2, -0.15) is 0 Å². The lowest BCUT2D eigenvalue weighted by Crippen LogP contribution is -2.16. The van der Waals surface area contributed by atoms with Gasteiger partial charge in [-0.05, 0) is 148 Å². The Balaban J connectivity index is 0.930. The molecule has 12 aromatic carbocycles. The van der Waals surface area contributed by atoms with E-state index in [0.29, 0.717) is 0 Å². The van der Waals surface area contributed by atoms with Gasteiger partial charge in [0.05, 0.1) is 11.0 Å². The van der Waals surface area contributed by atoms with Crippen LogP contribution in [0.2, 0.25) is 0 Å². The number of hydrogen-bond acceptors (Lipinski definition) is 1.